The standard InChI is InChI=1S/C24H25NO6/c1-14(2)12-30-23(28)16-5-8-18(9-6-16)25-21(26)19-10-7-17(11-20(19)22(25)27)24(29)31-13-15(3)4/h5-11,14-15H,12-13H2,1-4H3. The van der Waals surface area contributed by atoms with Crippen molar-refractivity contribution in [2.45, 2.75) is 27.7 Å². The molecule has 162 valence electrons. The Balaban J connectivity index is 1.79. The highest BCUT2D eigenvalue weighted by atomic mass is 16.5. The molecular weight excluding hydrogens is 398 g/mol. The van der Waals surface area contributed by atoms with Gasteiger partial charge in [0.25, 0.3) is 11.8 Å². The number of carbonyl (C=O) groups is 4. The van der Waals surface area contributed by atoms with Crippen molar-refractivity contribution in [3.05, 3.63) is 64.7 Å². The van der Waals surface area contributed by atoms with Crippen LogP contribution in [0.15, 0.2) is 42.5 Å². The normalized spacial score (nSPS) is 13.0. The van der Waals surface area contributed by atoms with Crippen LogP contribution < -0.4 is 4.90 Å². The Bertz CT molecular complexity index is 1020. The van der Waals surface area contributed by atoms with E-state index in [1.54, 1.807) is 0 Å². The quantitative estimate of drug-likeness (QED) is 0.492. The number of esters is 2. The van der Waals surface area contributed by atoms with Crippen molar-refractivity contribution in [1.82, 2.24) is 0 Å². The van der Waals surface area contributed by atoms with Crippen LogP contribution in [0.25, 0.3) is 0 Å². The minimum atomic E-state index is -0.542. The second-order valence-corrected chi connectivity index (χ2v) is 8.24. The molecule has 1 aliphatic heterocycles. The summed E-state index contributed by atoms with van der Waals surface area (Å²) >= 11 is 0. The number of hydrogen-bond donors (Lipinski definition) is 0. The minimum Gasteiger partial charge on any atom is -0.462 e. The maximum atomic E-state index is 12.9. The Labute approximate surface area is 180 Å². The van der Waals surface area contributed by atoms with Crippen molar-refractivity contribution >= 4 is 29.4 Å². The number of imide groups is 1. The Morgan fingerprint density at radius 1 is 0.742 bits per heavy atom. The maximum absolute atomic E-state index is 12.9. The van der Waals surface area contributed by atoms with Gasteiger partial charge in [0.2, 0.25) is 0 Å². The van der Waals surface area contributed by atoms with E-state index in [4.69, 9.17) is 9.47 Å². The highest BCUT2D eigenvalue weighted by molar-refractivity contribution is 6.34. The van der Waals surface area contributed by atoms with E-state index < -0.39 is 23.8 Å². The summed E-state index contributed by atoms with van der Waals surface area (Å²) in [4.78, 5) is 51.0. The summed E-state index contributed by atoms with van der Waals surface area (Å²) in [5.74, 6) is -1.63. The van der Waals surface area contributed by atoms with Gasteiger partial charge < -0.3 is 9.47 Å². The molecule has 0 saturated carbocycles. The molecule has 2 aromatic rings. The van der Waals surface area contributed by atoms with Gasteiger partial charge in [-0.25, -0.2) is 14.5 Å². The Morgan fingerprint density at radius 3 is 1.77 bits per heavy atom. The lowest BCUT2D eigenvalue weighted by Crippen LogP contribution is -2.29. The van der Waals surface area contributed by atoms with E-state index in [2.05, 4.69) is 0 Å². The second-order valence-electron chi connectivity index (χ2n) is 8.24. The van der Waals surface area contributed by atoms with Crippen LogP contribution >= 0.6 is 0 Å². The van der Waals surface area contributed by atoms with Crippen molar-refractivity contribution in [3.63, 3.8) is 0 Å². The first-order valence-corrected chi connectivity index (χ1v) is 10.2. The lowest BCUT2D eigenvalue weighted by atomic mass is 10.1. The van der Waals surface area contributed by atoms with Gasteiger partial charge in [-0.1, -0.05) is 27.7 Å². The number of anilines is 1. The highest BCUT2D eigenvalue weighted by Crippen LogP contribution is 2.29. The predicted octanol–water partition coefficient (Wildman–Crippen LogP) is 4.11. The van der Waals surface area contributed by atoms with Gasteiger partial charge in [-0.2, -0.15) is 0 Å². The first-order valence-electron chi connectivity index (χ1n) is 10.2. The summed E-state index contributed by atoms with van der Waals surface area (Å²) < 4.78 is 10.4. The number of carbonyl (C=O) groups excluding carboxylic acids is 4. The van der Waals surface area contributed by atoms with Crippen LogP contribution in [0, 0.1) is 11.8 Å². The number of rotatable bonds is 7. The molecular formula is C24H25NO6. The molecule has 0 fully saturated rings. The Kier molecular flexibility index (Phi) is 6.53. The van der Waals surface area contributed by atoms with E-state index in [9.17, 15) is 19.2 Å². The van der Waals surface area contributed by atoms with Gasteiger partial charge in [-0.3, -0.25) is 9.59 Å². The van der Waals surface area contributed by atoms with Crippen LogP contribution in [0.1, 0.15) is 69.1 Å². The van der Waals surface area contributed by atoms with Crippen molar-refractivity contribution in [2.24, 2.45) is 11.8 Å². The van der Waals surface area contributed by atoms with Crippen molar-refractivity contribution < 1.29 is 28.7 Å². The fourth-order valence-electron chi connectivity index (χ4n) is 3.00. The largest absolute Gasteiger partial charge is 0.462 e. The first kappa shape index (κ1) is 22.2. The van der Waals surface area contributed by atoms with Gasteiger partial charge in [0.05, 0.1) is 41.2 Å². The lowest BCUT2D eigenvalue weighted by Gasteiger charge is -2.14. The van der Waals surface area contributed by atoms with Crippen molar-refractivity contribution in [2.75, 3.05) is 18.1 Å². The van der Waals surface area contributed by atoms with E-state index in [1.165, 1.54) is 42.5 Å². The molecule has 0 saturated heterocycles. The first-order chi connectivity index (χ1) is 14.7. The monoisotopic (exact) mass is 423 g/mol. The molecule has 0 spiro atoms. The van der Waals surface area contributed by atoms with Crippen LogP contribution in [0.4, 0.5) is 5.69 Å². The van der Waals surface area contributed by atoms with E-state index in [-0.39, 0.29) is 35.1 Å². The number of ether oxygens (including phenoxy) is 2. The summed E-state index contributed by atoms with van der Waals surface area (Å²) in [6, 6.07) is 10.4. The molecule has 0 atom stereocenters. The molecule has 31 heavy (non-hydrogen) atoms. The van der Waals surface area contributed by atoms with E-state index in [0.717, 1.165) is 4.90 Å². The second kappa shape index (κ2) is 9.12. The van der Waals surface area contributed by atoms with Gasteiger partial charge in [0.15, 0.2) is 0 Å². The van der Waals surface area contributed by atoms with Crippen LogP contribution in [0.5, 0.6) is 0 Å². The van der Waals surface area contributed by atoms with Crippen LogP contribution in [-0.2, 0) is 9.47 Å². The summed E-state index contributed by atoms with van der Waals surface area (Å²) in [7, 11) is 0. The molecule has 0 aromatic heterocycles. The fourth-order valence-corrected chi connectivity index (χ4v) is 3.00. The van der Waals surface area contributed by atoms with Crippen LogP contribution in [0.2, 0.25) is 0 Å². The molecule has 7 nitrogen and oxygen atoms in total. The smallest absolute Gasteiger partial charge is 0.338 e. The molecule has 0 N–H and O–H groups in total. The summed E-state index contributed by atoms with van der Waals surface area (Å²) in [5.41, 5.74) is 1.23. The summed E-state index contributed by atoms with van der Waals surface area (Å²) in [6.45, 7) is 8.29. The van der Waals surface area contributed by atoms with Crippen molar-refractivity contribution in [3.8, 4) is 0 Å². The van der Waals surface area contributed by atoms with Crippen LogP contribution in [-0.4, -0.2) is 37.0 Å². The molecule has 2 amide bonds. The van der Waals surface area contributed by atoms with Gasteiger partial charge in [-0.05, 0) is 54.3 Å². The zero-order chi connectivity index (χ0) is 22.7. The van der Waals surface area contributed by atoms with Gasteiger partial charge in [0, 0.05) is 0 Å². The molecule has 0 bridgehead atoms. The third-order valence-corrected chi connectivity index (χ3v) is 4.58. The molecule has 2 aromatic carbocycles. The third kappa shape index (κ3) is 4.82. The number of hydrogen-bond acceptors (Lipinski definition) is 6. The zero-order valence-electron chi connectivity index (χ0n) is 18.0. The highest BCUT2D eigenvalue weighted by Gasteiger charge is 2.37. The summed E-state index contributed by atoms with van der Waals surface area (Å²) in [6.07, 6.45) is 0. The third-order valence-electron chi connectivity index (χ3n) is 4.58. The SMILES string of the molecule is CC(C)COC(=O)c1ccc(N2C(=O)c3ccc(C(=O)OCC(C)C)cc3C2=O)cc1. The molecule has 0 radical (unpaired) electrons. The number of benzene rings is 2. The van der Waals surface area contributed by atoms with E-state index in [1.807, 2.05) is 27.7 Å². The summed E-state index contributed by atoms with van der Waals surface area (Å²) in [5, 5.41) is 0. The Morgan fingerprint density at radius 2 is 1.23 bits per heavy atom. The lowest BCUT2D eigenvalue weighted by molar-refractivity contribution is 0.0450. The topological polar surface area (TPSA) is 90.0 Å². The van der Waals surface area contributed by atoms with Gasteiger partial charge in [0.1, 0.15) is 0 Å². The van der Waals surface area contributed by atoms with Crippen molar-refractivity contribution in [1.29, 1.82) is 0 Å². The number of nitrogens with zero attached hydrogens (tertiary/aromatic N) is 1. The Hall–Kier alpha value is -3.48. The fraction of sp³-hybridized carbons (Fsp3) is 0.333. The minimum absolute atomic E-state index is 0.143. The molecule has 0 unspecified atom stereocenters. The molecule has 3 rings (SSSR count). The predicted molar refractivity (Wildman–Crippen MR) is 114 cm³/mol. The number of amides is 2. The number of fused-ring (bicyclic) bond motifs is 1. The molecule has 1 heterocycles. The van der Waals surface area contributed by atoms with Gasteiger partial charge >= 0.3 is 11.9 Å². The van der Waals surface area contributed by atoms with Crippen LogP contribution in [0.3, 0.4) is 0 Å². The van der Waals surface area contributed by atoms with E-state index in [0.29, 0.717) is 17.9 Å². The average molecular weight is 423 g/mol. The zero-order valence-corrected chi connectivity index (χ0v) is 18.0. The molecule has 0 aliphatic carbocycles. The molecule has 1 aliphatic rings. The molecule has 7 heteroatoms. The maximum Gasteiger partial charge on any atom is 0.338 e. The average Bonchev–Trinajstić information content (AvgIpc) is 3.00. The van der Waals surface area contributed by atoms with Gasteiger partial charge in [-0.15, -0.1) is 0 Å². The van der Waals surface area contributed by atoms with E-state index >= 15 is 0 Å².